The Morgan fingerprint density at radius 3 is 2.52 bits per heavy atom. The second kappa shape index (κ2) is 7.03. The van der Waals surface area contributed by atoms with Gasteiger partial charge in [-0.2, -0.15) is 4.39 Å². The van der Waals surface area contributed by atoms with Gasteiger partial charge in [-0.25, -0.2) is 4.98 Å². The Morgan fingerprint density at radius 1 is 1.00 bits per heavy atom. The Bertz CT molecular complexity index is 773. The van der Waals surface area contributed by atoms with Gasteiger partial charge in [0.15, 0.2) is 0 Å². The minimum absolute atomic E-state index is 0.130. The number of nitrogens with zero attached hydrogens (tertiary/aromatic N) is 1. The molecule has 116 valence electrons. The van der Waals surface area contributed by atoms with Crippen LogP contribution < -0.4 is 4.74 Å². The van der Waals surface area contributed by atoms with Gasteiger partial charge in [-0.3, -0.25) is 0 Å². The number of halogens is 1. The molecule has 3 nitrogen and oxygen atoms in total. The monoisotopic (exact) mass is 309 g/mol. The lowest BCUT2D eigenvalue weighted by molar-refractivity contribution is 0.278. The van der Waals surface area contributed by atoms with Crippen molar-refractivity contribution >= 4 is 0 Å². The third-order valence-electron chi connectivity index (χ3n) is 3.53. The van der Waals surface area contributed by atoms with Crippen molar-refractivity contribution in [3.63, 3.8) is 0 Å². The van der Waals surface area contributed by atoms with Crippen LogP contribution in [0.2, 0.25) is 0 Å². The molecule has 23 heavy (non-hydrogen) atoms. The molecule has 2 aromatic carbocycles. The first kappa shape index (κ1) is 15.2. The summed E-state index contributed by atoms with van der Waals surface area (Å²) >= 11 is 0. The van der Waals surface area contributed by atoms with Crippen molar-refractivity contribution in [2.75, 3.05) is 0 Å². The number of aliphatic hydroxyl groups is 1. The van der Waals surface area contributed by atoms with Crippen LogP contribution in [-0.4, -0.2) is 10.1 Å². The van der Waals surface area contributed by atoms with Crippen LogP contribution in [0.15, 0.2) is 66.9 Å². The molecule has 0 saturated heterocycles. The van der Waals surface area contributed by atoms with Gasteiger partial charge in [-0.1, -0.05) is 36.4 Å². The Hall–Kier alpha value is -2.72. The molecule has 0 radical (unpaired) electrons. The van der Waals surface area contributed by atoms with Gasteiger partial charge in [0.05, 0.1) is 6.61 Å². The maximum Gasteiger partial charge on any atom is 0.212 e. The van der Waals surface area contributed by atoms with Gasteiger partial charge in [0.25, 0.3) is 0 Å². The van der Waals surface area contributed by atoms with Crippen LogP contribution in [-0.2, 0) is 13.2 Å². The van der Waals surface area contributed by atoms with Gasteiger partial charge in [0.2, 0.25) is 5.95 Å². The largest absolute Gasteiger partial charge is 0.489 e. The molecule has 1 heterocycles. The van der Waals surface area contributed by atoms with Crippen molar-refractivity contribution < 1.29 is 14.2 Å². The quantitative estimate of drug-likeness (QED) is 0.725. The highest BCUT2D eigenvalue weighted by molar-refractivity contribution is 5.67. The van der Waals surface area contributed by atoms with E-state index in [9.17, 15) is 9.50 Å². The number of aromatic nitrogens is 1. The molecule has 0 saturated carbocycles. The molecule has 4 heteroatoms. The molecule has 0 atom stereocenters. The smallest absolute Gasteiger partial charge is 0.212 e. The first-order chi connectivity index (χ1) is 11.3. The van der Waals surface area contributed by atoms with E-state index in [4.69, 9.17) is 4.74 Å². The van der Waals surface area contributed by atoms with Crippen molar-refractivity contribution in [1.29, 1.82) is 0 Å². The lowest BCUT2D eigenvalue weighted by Gasteiger charge is -2.11. The average Bonchev–Trinajstić information content (AvgIpc) is 2.61. The number of benzene rings is 2. The van der Waals surface area contributed by atoms with Gasteiger partial charge in [-0.15, -0.1) is 0 Å². The third kappa shape index (κ3) is 3.73. The van der Waals surface area contributed by atoms with E-state index in [0.717, 1.165) is 16.7 Å². The molecule has 0 unspecified atom stereocenters. The molecule has 0 spiro atoms. The maximum atomic E-state index is 12.9. The predicted molar refractivity (Wildman–Crippen MR) is 86.3 cm³/mol. The molecule has 0 fully saturated rings. The van der Waals surface area contributed by atoms with E-state index in [-0.39, 0.29) is 6.61 Å². The fourth-order valence-electron chi connectivity index (χ4n) is 2.35. The van der Waals surface area contributed by atoms with E-state index in [0.29, 0.717) is 17.9 Å². The van der Waals surface area contributed by atoms with Crippen molar-refractivity contribution in [2.45, 2.75) is 13.2 Å². The number of hydrogen-bond acceptors (Lipinski definition) is 3. The zero-order valence-electron chi connectivity index (χ0n) is 12.4. The second-order valence-corrected chi connectivity index (χ2v) is 5.12. The number of aliphatic hydroxyl groups excluding tert-OH is 1. The molecule has 0 aliphatic rings. The summed E-state index contributed by atoms with van der Waals surface area (Å²) in [5, 5.41) is 9.59. The summed E-state index contributed by atoms with van der Waals surface area (Å²) in [6.45, 7) is 0.332. The van der Waals surface area contributed by atoms with Crippen LogP contribution in [0.3, 0.4) is 0 Å². The summed E-state index contributed by atoms with van der Waals surface area (Å²) in [5.41, 5.74) is 3.35. The van der Waals surface area contributed by atoms with Crippen molar-refractivity contribution in [3.8, 4) is 16.9 Å². The van der Waals surface area contributed by atoms with Gasteiger partial charge in [-0.05, 0) is 41.0 Å². The first-order valence-electron chi connectivity index (χ1n) is 7.28. The van der Waals surface area contributed by atoms with Gasteiger partial charge >= 0.3 is 0 Å². The molecule has 0 amide bonds. The first-order valence-corrected chi connectivity index (χ1v) is 7.28. The molecule has 0 aliphatic heterocycles. The normalized spacial score (nSPS) is 10.5. The van der Waals surface area contributed by atoms with Crippen LogP contribution in [0.1, 0.15) is 11.1 Å². The number of hydrogen-bond donors (Lipinski definition) is 1. The highest BCUT2D eigenvalue weighted by Crippen LogP contribution is 2.27. The Balaban J connectivity index is 1.80. The molecular formula is C19H16FNO2. The van der Waals surface area contributed by atoms with Crippen molar-refractivity contribution in [1.82, 2.24) is 4.98 Å². The molecule has 0 aliphatic carbocycles. The molecule has 1 N–H and O–H groups in total. The zero-order chi connectivity index (χ0) is 16.1. The maximum absolute atomic E-state index is 12.9. The summed E-state index contributed by atoms with van der Waals surface area (Å²) < 4.78 is 18.7. The topological polar surface area (TPSA) is 42.4 Å². The van der Waals surface area contributed by atoms with Crippen LogP contribution in [0.4, 0.5) is 4.39 Å². The summed E-state index contributed by atoms with van der Waals surface area (Å²) in [7, 11) is 0. The predicted octanol–water partition coefficient (Wildman–Crippen LogP) is 3.96. The number of rotatable bonds is 5. The fourth-order valence-corrected chi connectivity index (χ4v) is 2.35. The number of ether oxygens (including phenoxy) is 1. The van der Waals surface area contributed by atoms with E-state index in [2.05, 4.69) is 4.98 Å². The summed E-state index contributed by atoms with van der Waals surface area (Å²) in [6.07, 6.45) is 1.45. The molecule has 0 bridgehead atoms. The van der Waals surface area contributed by atoms with Crippen molar-refractivity contribution in [2.24, 2.45) is 0 Å². The van der Waals surface area contributed by atoms with Crippen LogP contribution in [0.5, 0.6) is 5.75 Å². The van der Waals surface area contributed by atoms with Crippen LogP contribution >= 0.6 is 0 Å². The van der Waals surface area contributed by atoms with E-state index in [1.807, 2.05) is 42.5 Å². The molecule has 1 aromatic heterocycles. The summed E-state index contributed by atoms with van der Waals surface area (Å²) in [5.74, 6) is 0.152. The Kier molecular flexibility index (Phi) is 4.64. The molecular weight excluding hydrogens is 293 g/mol. The summed E-state index contributed by atoms with van der Waals surface area (Å²) in [6, 6.07) is 18.3. The van der Waals surface area contributed by atoms with Gasteiger partial charge in [0.1, 0.15) is 12.4 Å². The Morgan fingerprint density at radius 2 is 1.83 bits per heavy atom. The summed E-state index contributed by atoms with van der Waals surface area (Å²) in [4.78, 5) is 3.65. The third-order valence-corrected chi connectivity index (χ3v) is 3.53. The Labute approximate surface area is 134 Å². The van der Waals surface area contributed by atoms with Crippen LogP contribution in [0.25, 0.3) is 11.1 Å². The van der Waals surface area contributed by atoms with E-state index in [1.54, 1.807) is 12.1 Å². The highest BCUT2D eigenvalue weighted by atomic mass is 19.1. The fraction of sp³-hybridized carbons (Fsp3) is 0.105. The van der Waals surface area contributed by atoms with E-state index >= 15 is 0 Å². The minimum atomic E-state index is -0.526. The van der Waals surface area contributed by atoms with E-state index in [1.165, 1.54) is 12.3 Å². The zero-order valence-corrected chi connectivity index (χ0v) is 12.4. The second-order valence-electron chi connectivity index (χ2n) is 5.12. The highest BCUT2D eigenvalue weighted by Gasteiger charge is 2.07. The van der Waals surface area contributed by atoms with Crippen molar-refractivity contribution in [3.05, 3.63) is 83.9 Å². The van der Waals surface area contributed by atoms with Gasteiger partial charge in [0, 0.05) is 11.8 Å². The SMILES string of the molecule is OCc1cc(OCc2ccccc2)ccc1-c1ccc(F)nc1. The lowest BCUT2D eigenvalue weighted by Crippen LogP contribution is -1.97. The van der Waals surface area contributed by atoms with Gasteiger partial charge < -0.3 is 9.84 Å². The minimum Gasteiger partial charge on any atom is -0.489 e. The molecule has 3 aromatic rings. The van der Waals surface area contributed by atoms with Crippen LogP contribution in [0, 0.1) is 5.95 Å². The lowest BCUT2D eigenvalue weighted by atomic mass is 10.0. The average molecular weight is 309 g/mol. The van der Waals surface area contributed by atoms with E-state index < -0.39 is 5.95 Å². The molecule has 3 rings (SSSR count). The standard InChI is InChI=1S/C19H16FNO2/c20-19-9-6-15(11-21-19)18-8-7-17(10-16(18)12-22)23-13-14-4-2-1-3-5-14/h1-11,22H,12-13H2. The number of pyridine rings is 1.